The van der Waals surface area contributed by atoms with Gasteiger partial charge in [0.05, 0.1) is 5.52 Å². The zero-order chi connectivity index (χ0) is 14.1. The molecule has 0 unspecified atom stereocenters. The lowest BCUT2D eigenvalue weighted by atomic mass is 10.3. The molecular weight excluding hydrogens is 344 g/mol. The molecule has 3 aromatic rings. The Morgan fingerprint density at radius 2 is 2.20 bits per heavy atom. The minimum absolute atomic E-state index is 0.231. The number of hydrogen-bond acceptors (Lipinski definition) is 5. The van der Waals surface area contributed by atoms with Gasteiger partial charge in [-0.3, -0.25) is 4.98 Å². The van der Waals surface area contributed by atoms with Crippen molar-refractivity contribution in [2.24, 2.45) is 0 Å². The number of carboxylic acids is 1. The van der Waals surface area contributed by atoms with Gasteiger partial charge in [-0.05, 0) is 22.0 Å². The maximum Gasteiger partial charge on any atom is 0.346 e. The second kappa shape index (κ2) is 5.18. The standard InChI is InChI=1S/C13H7BrN2O3S/c14-7-3-9-12(16-5-7)10(1-2-15-9)19-8-4-11(13(17)18)20-6-8/h1-6H,(H,17,18). The highest BCUT2D eigenvalue weighted by Gasteiger charge is 2.10. The van der Waals surface area contributed by atoms with E-state index < -0.39 is 5.97 Å². The number of carbonyl (C=O) groups is 1. The predicted molar refractivity (Wildman–Crippen MR) is 78.6 cm³/mol. The summed E-state index contributed by atoms with van der Waals surface area (Å²) in [4.78, 5) is 19.6. The highest BCUT2D eigenvalue weighted by atomic mass is 79.9. The van der Waals surface area contributed by atoms with Crippen LogP contribution in [0.5, 0.6) is 11.5 Å². The van der Waals surface area contributed by atoms with Gasteiger partial charge in [0.25, 0.3) is 0 Å². The van der Waals surface area contributed by atoms with Crippen LogP contribution in [0.25, 0.3) is 11.0 Å². The largest absolute Gasteiger partial charge is 0.477 e. The van der Waals surface area contributed by atoms with Gasteiger partial charge in [0.1, 0.15) is 16.1 Å². The van der Waals surface area contributed by atoms with Gasteiger partial charge in [0.2, 0.25) is 0 Å². The van der Waals surface area contributed by atoms with Crippen LogP contribution in [0.15, 0.2) is 40.4 Å². The fourth-order valence-electron chi connectivity index (χ4n) is 1.67. The van der Waals surface area contributed by atoms with Crippen LogP contribution in [0.1, 0.15) is 9.67 Å². The molecule has 3 rings (SSSR count). The normalized spacial score (nSPS) is 10.7. The van der Waals surface area contributed by atoms with Crippen molar-refractivity contribution in [1.29, 1.82) is 0 Å². The summed E-state index contributed by atoms with van der Waals surface area (Å²) in [6, 6.07) is 5.02. The van der Waals surface area contributed by atoms with E-state index in [4.69, 9.17) is 9.84 Å². The number of carboxylic acid groups (broad SMARTS) is 1. The van der Waals surface area contributed by atoms with E-state index in [1.807, 2.05) is 6.07 Å². The minimum Gasteiger partial charge on any atom is -0.477 e. The molecule has 3 heterocycles. The van der Waals surface area contributed by atoms with E-state index in [0.29, 0.717) is 22.5 Å². The number of fused-ring (bicyclic) bond motifs is 1. The summed E-state index contributed by atoms with van der Waals surface area (Å²) in [5.74, 6) is 0.0494. The molecule has 100 valence electrons. The molecule has 0 saturated heterocycles. The maximum atomic E-state index is 10.8. The first-order valence-corrected chi connectivity index (χ1v) is 7.21. The third kappa shape index (κ3) is 2.50. The number of thiophene rings is 1. The van der Waals surface area contributed by atoms with Crippen molar-refractivity contribution in [3.63, 3.8) is 0 Å². The van der Waals surface area contributed by atoms with Crippen molar-refractivity contribution in [3.8, 4) is 11.5 Å². The highest BCUT2D eigenvalue weighted by Crippen LogP contribution is 2.31. The van der Waals surface area contributed by atoms with Crippen LogP contribution in [0.2, 0.25) is 0 Å². The monoisotopic (exact) mass is 350 g/mol. The van der Waals surface area contributed by atoms with E-state index in [0.717, 1.165) is 15.8 Å². The molecule has 0 amide bonds. The summed E-state index contributed by atoms with van der Waals surface area (Å²) in [5.41, 5.74) is 1.32. The van der Waals surface area contributed by atoms with Gasteiger partial charge >= 0.3 is 5.97 Å². The van der Waals surface area contributed by atoms with Crippen LogP contribution in [0, 0.1) is 0 Å². The average Bonchev–Trinajstić information content (AvgIpc) is 2.87. The lowest BCUT2D eigenvalue weighted by Crippen LogP contribution is -1.91. The first-order chi connectivity index (χ1) is 9.63. The Bertz CT molecular complexity index is 803. The topological polar surface area (TPSA) is 72.3 Å². The molecule has 7 heteroatoms. The van der Waals surface area contributed by atoms with Crippen LogP contribution in [-0.4, -0.2) is 21.0 Å². The van der Waals surface area contributed by atoms with Gasteiger partial charge < -0.3 is 9.84 Å². The molecule has 0 saturated carbocycles. The molecule has 0 aliphatic rings. The second-order valence-corrected chi connectivity index (χ2v) is 5.71. The van der Waals surface area contributed by atoms with E-state index in [1.54, 1.807) is 23.8 Å². The van der Waals surface area contributed by atoms with Gasteiger partial charge in [-0.25, -0.2) is 9.78 Å². The van der Waals surface area contributed by atoms with Gasteiger partial charge in [-0.1, -0.05) is 0 Å². The molecule has 0 aliphatic heterocycles. The number of halogens is 1. The molecule has 5 nitrogen and oxygen atoms in total. The van der Waals surface area contributed by atoms with Crippen LogP contribution in [0.4, 0.5) is 0 Å². The van der Waals surface area contributed by atoms with E-state index in [9.17, 15) is 4.79 Å². The second-order valence-electron chi connectivity index (χ2n) is 3.88. The summed E-state index contributed by atoms with van der Waals surface area (Å²) >= 11 is 4.45. The zero-order valence-corrected chi connectivity index (χ0v) is 12.3. The molecule has 0 aromatic carbocycles. The Kier molecular flexibility index (Phi) is 3.37. The Balaban J connectivity index is 1.99. The van der Waals surface area contributed by atoms with Crippen LogP contribution < -0.4 is 4.74 Å². The number of aromatic carboxylic acids is 1. The molecule has 0 aliphatic carbocycles. The van der Waals surface area contributed by atoms with Gasteiger partial charge in [0.15, 0.2) is 5.75 Å². The Morgan fingerprint density at radius 1 is 1.35 bits per heavy atom. The Labute approximate surface area is 126 Å². The van der Waals surface area contributed by atoms with Gasteiger partial charge in [-0.2, -0.15) is 0 Å². The van der Waals surface area contributed by atoms with Gasteiger partial charge in [0, 0.05) is 34.4 Å². The van der Waals surface area contributed by atoms with Gasteiger partial charge in [-0.15, -0.1) is 11.3 Å². The smallest absolute Gasteiger partial charge is 0.346 e. The zero-order valence-electron chi connectivity index (χ0n) is 9.91. The van der Waals surface area contributed by atoms with Crippen molar-refractivity contribution in [1.82, 2.24) is 9.97 Å². The molecular formula is C13H7BrN2O3S. The van der Waals surface area contributed by atoms with Crippen molar-refractivity contribution < 1.29 is 14.6 Å². The third-order valence-corrected chi connectivity index (χ3v) is 3.85. The summed E-state index contributed by atoms with van der Waals surface area (Å²) in [6.07, 6.45) is 3.28. The fourth-order valence-corrected chi connectivity index (χ4v) is 2.64. The number of aromatic nitrogens is 2. The summed E-state index contributed by atoms with van der Waals surface area (Å²) in [6.45, 7) is 0. The number of rotatable bonds is 3. The molecule has 0 fully saturated rings. The quantitative estimate of drug-likeness (QED) is 0.774. The number of nitrogens with zero attached hydrogens (tertiary/aromatic N) is 2. The SMILES string of the molecule is O=C(O)c1cc(Oc2ccnc3cc(Br)cnc23)cs1. The van der Waals surface area contributed by atoms with Crippen molar-refractivity contribution in [3.05, 3.63) is 45.3 Å². The molecule has 20 heavy (non-hydrogen) atoms. The number of pyridine rings is 2. The lowest BCUT2D eigenvalue weighted by molar-refractivity contribution is 0.0702. The maximum absolute atomic E-state index is 10.8. The van der Waals surface area contributed by atoms with Crippen LogP contribution in [0.3, 0.4) is 0 Å². The highest BCUT2D eigenvalue weighted by molar-refractivity contribution is 9.10. The fraction of sp³-hybridized carbons (Fsp3) is 0. The lowest BCUT2D eigenvalue weighted by Gasteiger charge is -2.06. The first kappa shape index (κ1) is 13.0. The van der Waals surface area contributed by atoms with E-state index >= 15 is 0 Å². The van der Waals surface area contributed by atoms with Crippen LogP contribution in [-0.2, 0) is 0 Å². The summed E-state index contributed by atoms with van der Waals surface area (Å²) in [7, 11) is 0. The number of ether oxygens (including phenoxy) is 1. The average molecular weight is 351 g/mol. The van der Waals surface area contributed by atoms with E-state index in [-0.39, 0.29) is 4.88 Å². The van der Waals surface area contributed by atoms with Crippen molar-refractivity contribution in [2.75, 3.05) is 0 Å². The third-order valence-electron chi connectivity index (χ3n) is 2.52. The van der Waals surface area contributed by atoms with Crippen LogP contribution >= 0.6 is 27.3 Å². The van der Waals surface area contributed by atoms with E-state index in [2.05, 4.69) is 25.9 Å². The Morgan fingerprint density at radius 3 is 2.95 bits per heavy atom. The molecule has 3 aromatic heterocycles. The molecule has 0 spiro atoms. The molecule has 0 bridgehead atoms. The van der Waals surface area contributed by atoms with E-state index in [1.165, 1.54) is 6.07 Å². The van der Waals surface area contributed by atoms with Crippen molar-refractivity contribution in [2.45, 2.75) is 0 Å². The minimum atomic E-state index is -0.966. The summed E-state index contributed by atoms with van der Waals surface area (Å²) in [5, 5.41) is 10.5. The predicted octanol–water partition coefficient (Wildman–Crippen LogP) is 3.94. The number of hydrogen-bond donors (Lipinski definition) is 1. The molecule has 0 atom stereocenters. The summed E-state index contributed by atoms with van der Waals surface area (Å²) < 4.78 is 6.52. The van der Waals surface area contributed by atoms with Crippen molar-refractivity contribution >= 4 is 44.3 Å². The first-order valence-electron chi connectivity index (χ1n) is 5.53. The Hall–Kier alpha value is -1.99. The molecule has 1 N–H and O–H groups in total. The molecule has 0 radical (unpaired) electrons.